The molecule has 1 fully saturated rings. The molecule has 0 aromatic heterocycles. The van der Waals surface area contributed by atoms with E-state index in [9.17, 15) is 4.79 Å². The molecular weight excluding hydrogens is 219 g/mol. The normalized spacial score (nSPS) is 28.5. The van der Waals surface area contributed by atoms with Crippen LogP contribution in [0.5, 0.6) is 0 Å². The second-order valence-corrected chi connectivity index (χ2v) is 5.39. The van der Waals surface area contributed by atoms with E-state index in [2.05, 4.69) is 0 Å². The van der Waals surface area contributed by atoms with E-state index in [0.29, 0.717) is 12.0 Å². The fourth-order valence-corrected chi connectivity index (χ4v) is 2.26. The summed E-state index contributed by atoms with van der Waals surface area (Å²) in [5.41, 5.74) is 0.0791. The van der Waals surface area contributed by atoms with Crippen molar-refractivity contribution in [1.82, 2.24) is 0 Å². The number of hydrogen-bond donors (Lipinski definition) is 0. The monoisotopic (exact) mass is 228 g/mol. The van der Waals surface area contributed by atoms with Gasteiger partial charge in [0.25, 0.3) is 0 Å². The molecule has 0 amide bonds. The van der Waals surface area contributed by atoms with Crippen LogP contribution in [0.1, 0.15) is 23.7 Å². The maximum absolute atomic E-state index is 12.0. The predicted octanol–water partition coefficient (Wildman–Crippen LogP) is 3.45. The van der Waals surface area contributed by atoms with Crippen molar-refractivity contribution < 1.29 is 4.79 Å². The highest BCUT2D eigenvalue weighted by Gasteiger charge is 2.67. The summed E-state index contributed by atoms with van der Waals surface area (Å²) in [5.74, 6) is 0.0306. The number of carbonyl (C=O) groups is 1. The highest BCUT2D eigenvalue weighted by molar-refractivity contribution is 6.53. The van der Waals surface area contributed by atoms with Crippen LogP contribution < -0.4 is 0 Å². The van der Waals surface area contributed by atoms with Crippen molar-refractivity contribution in [3.63, 3.8) is 0 Å². The van der Waals surface area contributed by atoms with E-state index >= 15 is 0 Å². The second-order valence-electron chi connectivity index (χ2n) is 3.91. The molecule has 1 aromatic rings. The quantitative estimate of drug-likeness (QED) is 0.560. The second kappa shape index (κ2) is 2.98. The van der Waals surface area contributed by atoms with E-state index in [1.807, 2.05) is 25.1 Å². The number of halogens is 2. The number of carbonyl (C=O) groups excluding carboxylic acids is 1. The summed E-state index contributed by atoms with van der Waals surface area (Å²) >= 11 is 11.9. The molecule has 0 saturated heterocycles. The van der Waals surface area contributed by atoms with Crippen molar-refractivity contribution in [2.24, 2.45) is 5.41 Å². The van der Waals surface area contributed by atoms with Crippen molar-refractivity contribution in [1.29, 1.82) is 0 Å². The smallest absolute Gasteiger partial charge is 0.171 e. The standard InChI is InChI=1S/C11H10Cl2O/c1-10(7-11(10,12)13)9(14)8-5-3-2-4-6-8/h2-6H,7H2,1H3. The third-order valence-corrected chi connectivity index (χ3v) is 3.90. The van der Waals surface area contributed by atoms with Gasteiger partial charge in [-0.3, -0.25) is 4.79 Å². The van der Waals surface area contributed by atoms with Gasteiger partial charge in [-0.2, -0.15) is 0 Å². The molecule has 1 saturated carbocycles. The zero-order chi connectivity index (χ0) is 10.4. The first-order chi connectivity index (χ1) is 6.47. The minimum absolute atomic E-state index is 0.0306. The minimum Gasteiger partial charge on any atom is -0.293 e. The Morgan fingerprint density at radius 2 is 1.79 bits per heavy atom. The fraction of sp³-hybridized carbons (Fsp3) is 0.364. The molecule has 3 heteroatoms. The molecule has 0 N–H and O–H groups in total. The lowest BCUT2D eigenvalue weighted by molar-refractivity contribution is 0.0911. The van der Waals surface area contributed by atoms with Crippen molar-refractivity contribution in [2.45, 2.75) is 17.7 Å². The topological polar surface area (TPSA) is 17.1 Å². The van der Waals surface area contributed by atoms with Crippen molar-refractivity contribution in [3.8, 4) is 0 Å². The Balaban J connectivity index is 2.28. The molecule has 0 aliphatic heterocycles. The number of rotatable bonds is 2. The summed E-state index contributed by atoms with van der Waals surface area (Å²) in [7, 11) is 0. The third-order valence-electron chi connectivity index (χ3n) is 2.79. The number of ketones is 1. The summed E-state index contributed by atoms with van der Waals surface area (Å²) in [6, 6.07) is 9.12. The van der Waals surface area contributed by atoms with E-state index < -0.39 is 9.75 Å². The van der Waals surface area contributed by atoms with Gasteiger partial charge in [-0.1, -0.05) is 30.3 Å². The average Bonchev–Trinajstić information content (AvgIpc) is 2.68. The van der Waals surface area contributed by atoms with Crippen LogP contribution in [-0.2, 0) is 0 Å². The Morgan fingerprint density at radius 1 is 1.29 bits per heavy atom. The van der Waals surface area contributed by atoms with Crippen molar-refractivity contribution >= 4 is 29.0 Å². The number of hydrogen-bond acceptors (Lipinski definition) is 1. The maximum Gasteiger partial charge on any atom is 0.171 e. The Labute approximate surface area is 93.0 Å². The lowest BCUT2D eigenvalue weighted by atomic mass is 9.97. The number of Topliss-reactive ketones (excluding diaryl/α,β-unsaturated/α-hetero) is 1. The SMILES string of the molecule is CC1(C(=O)c2ccccc2)CC1(Cl)Cl. The maximum atomic E-state index is 12.0. The van der Waals surface area contributed by atoms with Crippen LogP contribution in [0.2, 0.25) is 0 Å². The van der Waals surface area contributed by atoms with Gasteiger partial charge in [-0.15, -0.1) is 23.2 Å². The molecule has 1 aliphatic carbocycles. The van der Waals surface area contributed by atoms with Crippen molar-refractivity contribution in [3.05, 3.63) is 35.9 Å². The van der Waals surface area contributed by atoms with E-state index in [1.165, 1.54) is 0 Å². The van der Waals surface area contributed by atoms with Crippen LogP contribution >= 0.6 is 23.2 Å². The molecule has 0 bridgehead atoms. The molecular formula is C11H10Cl2O. The zero-order valence-corrected chi connectivity index (χ0v) is 9.27. The third kappa shape index (κ3) is 1.35. The van der Waals surface area contributed by atoms with Crippen LogP contribution in [0.25, 0.3) is 0 Å². The van der Waals surface area contributed by atoms with Crippen molar-refractivity contribution in [2.75, 3.05) is 0 Å². The van der Waals surface area contributed by atoms with Crippen LogP contribution in [0, 0.1) is 5.41 Å². The van der Waals surface area contributed by atoms with Gasteiger partial charge in [0.05, 0.1) is 5.41 Å². The van der Waals surface area contributed by atoms with Gasteiger partial charge in [0.15, 0.2) is 5.78 Å². The molecule has 14 heavy (non-hydrogen) atoms. The van der Waals surface area contributed by atoms with E-state index in [1.54, 1.807) is 12.1 Å². The Bertz CT molecular complexity index is 372. The molecule has 1 unspecified atom stereocenters. The minimum atomic E-state index is -0.875. The summed E-state index contributed by atoms with van der Waals surface area (Å²) < 4.78 is -0.875. The van der Waals surface area contributed by atoms with E-state index in [4.69, 9.17) is 23.2 Å². The highest BCUT2D eigenvalue weighted by atomic mass is 35.5. The van der Waals surface area contributed by atoms with E-state index in [0.717, 1.165) is 0 Å². The van der Waals surface area contributed by atoms with Crippen LogP contribution in [0.4, 0.5) is 0 Å². The lowest BCUT2D eigenvalue weighted by Crippen LogP contribution is -2.18. The van der Waals surface area contributed by atoms with Gasteiger partial charge in [-0.05, 0) is 13.3 Å². The zero-order valence-electron chi connectivity index (χ0n) is 7.76. The fourth-order valence-electron chi connectivity index (χ4n) is 1.55. The van der Waals surface area contributed by atoms with Gasteiger partial charge in [0, 0.05) is 5.56 Å². The summed E-state index contributed by atoms with van der Waals surface area (Å²) in [6.45, 7) is 1.81. The first-order valence-corrected chi connectivity index (χ1v) is 5.21. The molecule has 1 aromatic carbocycles. The van der Waals surface area contributed by atoms with Gasteiger partial charge < -0.3 is 0 Å². The molecule has 0 radical (unpaired) electrons. The number of alkyl halides is 2. The lowest BCUT2D eigenvalue weighted by Gasteiger charge is -2.10. The Morgan fingerprint density at radius 3 is 2.21 bits per heavy atom. The first-order valence-electron chi connectivity index (χ1n) is 4.45. The molecule has 0 heterocycles. The highest BCUT2D eigenvalue weighted by Crippen LogP contribution is 2.64. The largest absolute Gasteiger partial charge is 0.293 e. The molecule has 0 spiro atoms. The molecule has 2 rings (SSSR count). The van der Waals surface area contributed by atoms with Gasteiger partial charge >= 0.3 is 0 Å². The summed E-state index contributed by atoms with van der Waals surface area (Å²) in [4.78, 5) is 12.0. The van der Waals surface area contributed by atoms with Gasteiger partial charge in [0.2, 0.25) is 0 Å². The first kappa shape index (κ1) is 10.0. The molecule has 1 nitrogen and oxygen atoms in total. The van der Waals surface area contributed by atoms with E-state index in [-0.39, 0.29) is 5.78 Å². The average molecular weight is 229 g/mol. The molecule has 74 valence electrons. The molecule has 1 atom stereocenters. The Hall–Kier alpha value is -0.530. The van der Waals surface area contributed by atoms with Crippen LogP contribution in [0.15, 0.2) is 30.3 Å². The van der Waals surface area contributed by atoms with Crippen LogP contribution in [-0.4, -0.2) is 10.1 Å². The molecule has 1 aliphatic rings. The summed E-state index contributed by atoms with van der Waals surface area (Å²) in [5, 5.41) is 0. The summed E-state index contributed by atoms with van der Waals surface area (Å²) in [6.07, 6.45) is 0.539. The Kier molecular flexibility index (Phi) is 2.13. The number of benzene rings is 1. The van der Waals surface area contributed by atoms with Gasteiger partial charge in [0.1, 0.15) is 4.33 Å². The van der Waals surface area contributed by atoms with Gasteiger partial charge in [-0.25, -0.2) is 0 Å². The van der Waals surface area contributed by atoms with Crippen LogP contribution in [0.3, 0.4) is 0 Å². The predicted molar refractivity (Wildman–Crippen MR) is 57.9 cm³/mol.